The molecule has 0 spiro atoms. The highest BCUT2D eigenvalue weighted by Gasteiger charge is 2.16. The molecule has 24 heavy (non-hydrogen) atoms. The van der Waals surface area contributed by atoms with E-state index < -0.39 is 5.82 Å². The maximum atomic E-state index is 13.9. The highest BCUT2D eigenvalue weighted by molar-refractivity contribution is 6.01. The molecule has 1 aromatic carbocycles. The van der Waals surface area contributed by atoms with E-state index in [1.54, 1.807) is 18.5 Å². The average molecular weight is 320 g/mol. The first-order chi connectivity index (χ1) is 11.6. The number of halogens is 1. The summed E-state index contributed by atoms with van der Waals surface area (Å²) in [6, 6.07) is 8.36. The fourth-order valence-corrected chi connectivity index (χ4v) is 2.70. The van der Waals surface area contributed by atoms with Crippen LogP contribution in [0.4, 0.5) is 15.9 Å². The Morgan fingerprint density at radius 3 is 2.54 bits per heavy atom. The summed E-state index contributed by atoms with van der Waals surface area (Å²) in [5.41, 5.74) is 14.6. The first-order valence-corrected chi connectivity index (χ1v) is 7.22. The van der Waals surface area contributed by atoms with Crippen LogP contribution in [-0.2, 0) is 0 Å². The normalized spacial score (nSPS) is 11.0. The van der Waals surface area contributed by atoms with Gasteiger partial charge in [0.1, 0.15) is 18.0 Å². The summed E-state index contributed by atoms with van der Waals surface area (Å²) in [5, 5.41) is 0.665. The van der Waals surface area contributed by atoms with Crippen molar-refractivity contribution in [1.29, 1.82) is 0 Å². The van der Waals surface area contributed by atoms with Gasteiger partial charge in [-0.1, -0.05) is 6.07 Å². The molecular weight excluding hydrogens is 307 g/mol. The smallest absolute Gasteiger partial charge is 0.150 e. The first kappa shape index (κ1) is 14.1. The van der Waals surface area contributed by atoms with Gasteiger partial charge in [-0.25, -0.2) is 14.4 Å². The van der Waals surface area contributed by atoms with E-state index in [2.05, 4.69) is 15.0 Å². The molecule has 7 heteroatoms. The van der Waals surface area contributed by atoms with Crippen LogP contribution in [0.5, 0.6) is 0 Å². The van der Waals surface area contributed by atoms with Crippen LogP contribution in [0.2, 0.25) is 0 Å². The summed E-state index contributed by atoms with van der Waals surface area (Å²) in [6.45, 7) is 0. The van der Waals surface area contributed by atoms with Crippen molar-refractivity contribution in [2.75, 3.05) is 11.5 Å². The van der Waals surface area contributed by atoms with Gasteiger partial charge in [0, 0.05) is 24.2 Å². The predicted molar refractivity (Wildman–Crippen MR) is 90.9 cm³/mol. The lowest BCUT2D eigenvalue weighted by atomic mass is 10.1. The first-order valence-electron chi connectivity index (χ1n) is 7.22. The molecular formula is C17H13FN6. The van der Waals surface area contributed by atoms with Crippen molar-refractivity contribution in [2.45, 2.75) is 0 Å². The van der Waals surface area contributed by atoms with Crippen molar-refractivity contribution in [2.24, 2.45) is 0 Å². The second-order valence-electron chi connectivity index (χ2n) is 5.31. The number of nitrogens with two attached hydrogens (primary N) is 2. The van der Waals surface area contributed by atoms with Crippen molar-refractivity contribution in [3.05, 3.63) is 61.1 Å². The zero-order valence-corrected chi connectivity index (χ0v) is 12.5. The van der Waals surface area contributed by atoms with Gasteiger partial charge in [0.15, 0.2) is 5.65 Å². The molecule has 6 nitrogen and oxygen atoms in total. The summed E-state index contributed by atoms with van der Waals surface area (Å²) in [5.74, 6) is -0.146. The molecule has 0 aliphatic rings. The SMILES string of the molecule is Nc1ccc(-c2cn(-c3ccncc3)c3ncnc(N)c23)cc1F. The fourth-order valence-electron chi connectivity index (χ4n) is 2.70. The van der Waals surface area contributed by atoms with Crippen LogP contribution in [0.15, 0.2) is 55.2 Å². The molecule has 0 saturated heterocycles. The third kappa shape index (κ3) is 2.14. The molecule has 0 amide bonds. The lowest BCUT2D eigenvalue weighted by molar-refractivity contribution is 0.633. The van der Waals surface area contributed by atoms with Gasteiger partial charge >= 0.3 is 0 Å². The number of pyridine rings is 1. The number of rotatable bonds is 2. The monoisotopic (exact) mass is 320 g/mol. The van der Waals surface area contributed by atoms with Gasteiger partial charge < -0.3 is 16.0 Å². The zero-order chi connectivity index (χ0) is 16.7. The standard InChI is InChI=1S/C17H13FN6/c18-13-7-10(1-2-14(13)19)12-8-24(11-3-5-21-6-4-11)17-15(12)16(20)22-9-23-17/h1-9H,19H2,(H2,20,22,23). The molecule has 0 unspecified atom stereocenters. The molecule has 0 atom stereocenters. The lowest BCUT2D eigenvalue weighted by Gasteiger charge is -2.03. The Balaban J connectivity index is 2.04. The summed E-state index contributed by atoms with van der Waals surface area (Å²) in [6.07, 6.45) is 6.64. The molecule has 4 rings (SSSR count). The molecule has 0 aliphatic carbocycles. The van der Waals surface area contributed by atoms with E-state index in [0.717, 1.165) is 11.3 Å². The molecule has 118 valence electrons. The molecule has 3 aromatic heterocycles. The molecule has 4 aromatic rings. The highest BCUT2D eigenvalue weighted by Crippen LogP contribution is 2.34. The number of hydrogen-bond donors (Lipinski definition) is 2. The van der Waals surface area contributed by atoms with Gasteiger partial charge in [0.25, 0.3) is 0 Å². The lowest BCUT2D eigenvalue weighted by Crippen LogP contribution is -1.96. The Hall–Kier alpha value is -3.48. The van der Waals surface area contributed by atoms with Crippen LogP contribution in [0.25, 0.3) is 27.8 Å². The molecule has 0 aliphatic heterocycles. The second kappa shape index (κ2) is 5.31. The van der Waals surface area contributed by atoms with Crippen molar-refractivity contribution < 1.29 is 4.39 Å². The van der Waals surface area contributed by atoms with Gasteiger partial charge in [-0.3, -0.25) is 4.98 Å². The highest BCUT2D eigenvalue weighted by atomic mass is 19.1. The Morgan fingerprint density at radius 1 is 1.00 bits per heavy atom. The van der Waals surface area contributed by atoms with Gasteiger partial charge in [-0.15, -0.1) is 0 Å². The van der Waals surface area contributed by atoms with Crippen LogP contribution in [0, 0.1) is 5.82 Å². The maximum absolute atomic E-state index is 13.9. The second-order valence-corrected chi connectivity index (χ2v) is 5.31. The van der Waals surface area contributed by atoms with Crippen LogP contribution in [0.3, 0.4) is 0 Å². The van der Waals surface area contributed by atoms with Crippen molar-refractivity contribution in [3.63, 3.8) is 0 Å². The van der Waals surface area contributed by atoms with E-state index in [4.69, 9.17) is 11.5 Å². The van der Waals surface area contributed by atoms with Crippen LogP contribution < -0.4 is 11.5 Å². The van der Waals surface area contributed by atoms with Crippen molar-refractivity contribution >= 4 is 22.5 Å². The summed E-state index contributed by atoms with van der Waals surface area (Å²) in [4.78, 5) is 12.4. The van der Waals surface area contributed by atoms with E-state index in [0.29, 0.717) is 22.4 Å². The molecule has 0 fully saturated rings. The Morgan fingerprint density at radius 2 is 1.79 bits per heavy atom. The largest absolute Gasteiger partial charge is 0.396 e. The minimum absolute atomic E-state index is 0.0980. The van der Waals surface area contributed by atoms with Gasteiger partial charge in [0.2, 0.25) is 0 Å². The third-order valence-electron chi connectivity index (χ3n) is 3.86. The number of hydrogen-bond acceptors (Lipinski definition) is 5. The van der Waals surface area contributed by atoms with E-state index >= 15 is 0 Å². The van der Waals surface area contributed by atoms with E-state index in [9.17, 15) is 4.39 Å². The maximum Gasteiger partial charge on any atom is 0.150 e. The van der Waals surface area contributed by atoms with Gasteiger partial charge in [-0.05, 0) is 29.8 Å². The third-order valence-corrected chi connectivity index (χ3v) is 3.86. The average Bonchev–Trinajstić information content (AvgIpc) is 2.99. The quantitative estimate of drug-likeness (QED) is 0.554. The van der Waals surface area contributed by atoms with E-state index in [1.807, 2.05) is 22.9 Å². The molecule has 4 N–H and O–H groups in total. The summed E-state index contributed by atoms with van der Waals surface area (Å²) in [7, 11) is 0. The minimum Gasteiger partial charge on any atom is -0.396 e. The van der Waals surface area contributed by atoms with E-state index in [-0.39, 0.29) is 5.69 Å². The fraction of sp³-hybridized carbons (Fsp3) is 0. The molecule has 0 saturated carbocycles. The number of fused-ring (bicyclic) bond motifs is 1. The Kier molecular flexibility index (Phi) is 3.13. The number of aromatic nitrogens is 4. The Bertz CT molecular complexity index is 1040. The van der Waals surface area contributed by atoms with Crippen LogP contribution >= 0.6 is 0 Å². The molecule has 0 radical (unpaired) electrons. The molecule has 3 heterocycles. The van der Waals surface area contributed by atoms with Crippen LogP contribution in [0.1, 0.15) is 0 Å². The van der Waals surface area contributed by atoms with Crippen molar-refractivity contribution in [3.8, 4) is 16.8 Å². The topological polar surface area (TPSA) is 95.6 Å². The van der Waals surface area contributed by atoms with Gasteiger partial charge in [0.05, 0.1) is 16.8 Å². The van der Waals surface area contributed by atoms with E-state index in [1.165, 1.54) is 18.5 Å². The molecule has 0 bridgehead atoms. The number of nitrogen functional groups attached to an aromatic ring is 2. The number of benzene rings is 1. The summed E-state index contributed by atoms with van der Waals surface area (Å²) < 4.78 is 15.8. The van der Waals surface area contributed by atoms with Crippen molar-refractivity contribution in [1.82, 2.24) is 19.5 Å². The number of anilines is 2. The number of nitrogens with zero attached hydrogens (tertiary/aromatic N) is 4. The minimum atomic E-state index is -0.479. The zero-order valence-electron chi connectivity index (χ0n) is 12.5. The predicted octanol–water partition coefficient (Wildman–Crippen LogP) is 2.79. The summed E-state index contributed by atoms with van der Waals surface area (Å²) >= 11 is 0. The Labute approximate surface area is 136 Å². The van der Waals surface area contributed by atoms with Crippen LogP contribution in [-0.4, -0.2) is 19.5 Å². The van der Waals surface area contributed by atoms with Gasteiger partial charge in [-0.2, -0.15) is 0 Å².